The van der Waals surface area contributed by atoms with Gasteiger partial charge < -0.3 is 19.7 Å². The van der Waals surface area contributed by atoms with Crippen molar-refractivity contribution in [1.29, 1.82) is 0 Å². The van der Waals surface area contributed by atoms with Crippen molar-refractivity contribution in [2.75, 3.05) is 6.61 Å². The minimum Gasteiger partial charge on any atom is -0.465 e. The van der Waals surface area contributed by atoms with Crippen molar-refractivity contribution in [2.45, 2.75) is 71.4 Å². The van der Waals surface area contributed by atoms with E-state index in [-0.39, 0.29) is 42.8 Å². The van der Waals surface area contributed by atoms with Crippen molar-refractivity contribution in [1.82, 2.24) is 0 Å². The first-order valence-corrected chi connectivity index (χ1v) is 9.54. The molecule has 0 aromatic rings. The van der Waals surface area contributed by atoms with Crippen molar-refractivity contribution >= 4 is 17.5 Å². The maximum Gasteiger partial charge on any atom is 0.302 e. The summed E-state index contributed by atoms with van der Waals surface area (Å²) in [6, 6.07) is 0. The van der Waals surface area contributed by atoms with Gasteiger partial charge in [0, 0.05) is 31.3 Å². The number of carbonyl (C=O) groups excluding carboxylic acids is 3. The quantitative estimate of drug-likeness (QED) is 0.224. The van der Waals surface area contributed by atoms with E-state index in [4.69, 9.17) is 9.47 Å². The molecule has 28 heavy (non-hydrogen) atoms. The lowest BCUT2D eigenvalue weighted by Crippen LogP contribution is -2.44. The van der Waals surface area contributed by atoms with Crippen LogP contribution < -0.4 is 0 Å². The molecular weight excluding hydrogens is 364 g/mol. The first kappa shape index (κ1) is 24.2. The summed E-state index contributed by atoms with van der Waals surface area (Å²) in [6.07, 6.45) is 0.890. The zero-order valence-electron chi connectivity index (χ0n) is 17.3. The summed E-state index contributed by atoms with van der Waals surface area (Å²) in [5.41, 5.74) is -1.19. The van der Waals surface area contributed by atoms with E-state index in [9.17, 15) is 24.6 Å². The molecule has 2 N–H and O–H groups in total. The molecule has 0 spiro atoms. The molecule has 4 unspecified atom stereocenters. The van der Waals surface area contributed by atoms with Crippen LogP contribution in [0.3, 0.4) is 0 Å². The predicted molar refractivity (Wildman–Crippen MR) is 103 cm³/mol. The van der Waals surface area contributed by atoms with E-state index < -0.39 is 35.5 Å². The van der Waals surface area contributed by atoms with E-state index in [1.54, 1.807) is 13.8 Å². The fourth-order valence-corrected chi connectivity index (χ4v) is 3.31. The Morgan fingerprint density at radius 1 is 1.32 bits per heavy atom. The van der Waals surface area contributed by atoms with Crippen LogP contribution in [0, 0.1) is 11.8 Å². The van der Waals surface area contributed by atoms with Gasteiger partial charge in [0.15, 0.2) is 5.78 Å². The van der Waals surface area contributed by atoms with E-state index in [1.165, 1.54) is 6.92 Å². The zero-order valence-corrected chi connectivity index (χ0v) is 17.3. The lowest BCUT2D eigenvalue weighted by atomic mass is 9.81. The van der Waals surface area contributed by atoms with E-state index in [2.05, 4.69) is 6.58 Å². The smallest absolute Gasteiger partial charge is 0.302 e. The van der Waals surface area contributed by atoms with Crippen LogP contribution in [0.5, 0.6) is 0 Å². The Balaban J connectivity index is 2.99. The highest BCUT2D eigenvalue weighted by atomic mass is 16.6. The largest absolute Gasteiger partial charge is 0.465 e. The maximum absolute atomic E-state index is 12.9. The van der Waals surface area contributed by atoms with Gasteiger partial charge in [0.05, 0.1) is 24.2 Å². The summed E-state index contributed by atoms with van der Waals surface area (Å²) < 4.78 is 10.7. The normalized spacial score (nSPS) is 25.6. The molecule has 0 bridgehead atoms. The number of aliphatic hydroxyl groups excluding tert-OH is 2. The number of epoxide rings is 1. The van der Waals surface area contributed by atoms with Crippen molar-refractivity contribution in [3.05, 3.63) is 24.3 Å². The van der Waals surface area contributed by atoms with Crippen LogP contribution in [0.25, 0.3) is 0 Å². The Bertz CT molecular complexity index is 639. The standard InChI is InChI=1S/C21H32O7/c1-7-9-12(3)20-21(6,28-20)19(26)16(11-27-14(5)22)18(25)13(4)17(24)10-15(23)8-2/h7,9,12,16-17,19-20,24,26H,4,8,10-11H2,1-3,5-6H3/b9-7-/t12?,16-,17?,19?,20?,21-/m0/s1. The number of carbonyl (C=O) groups is 3. The van der Waals surface area contributed by atoms with Crippen molar-refractivity contribution in [3.63, 3.8) is 0 Å². The van der Waals surface area contributed by atoms with Crippen molar-refractivity contribution < 1.29 is 34.1 Å². The Labute approximate surface area is 166 Å². The summed E-state index contributed by atoms with van der Waals surface area (Å²) in [6.45, 7) is 11.6. The molecule has 1 fully saturated rings. The predicted octanol–water partition coefficient (Wildman–Crippen LogP) is 1.75. The second kappa shape index (κ2) is 10.1. The third-order valence-corrected chi connectivity index (χ3v) is 5.17. The number of Topliss-reactive ketones (excluding diaryl/α,β-unsaturated/α-hetero) is 2. The summed E-state index contributed by atoms with van der Waals surface area (Å²) in [5.74, 6) is -2.60. The highest BCUT2D eigenvalue weighted by Gasteiger charge is 2.61. The first-order valence-electron chi connectivity index (χ1n) is 9.54. The van der Waals surface area contributed by atoms with Gasteiger partial charge >= 0.3 is 5.97 Å². The number of hydrogen-bond acceptors (Lipinski definition) is 7. The Kier molecular flexibility index (Phi) is 8.73. The van der Waals surface area contributed by atoms with Gasteiger partial charge in [0.2, 0.25) is 0 Å². The van der Waals surface area contributed by atoms with Gasteiger partial charge in [-0.05, 0) is 13.8 Å². The van der Waals surface area contributed by atoms with Gasteiger partial charge in [-0.1, -0.05) is 32.6 Å². The number of aliphatic hydroxyl groups is 2. The highest BCUT2D eigenvalue weighted by Crippen LogP contribution is 2.46. The van der Waals surface area contributed by atoms with Gasteiger partial charge in [-0.3, -0.25) is 14.4 Å². The van der Waals surface area contributed by atoms with E-state index in [0.29, 0.717) is 0 Å². The molecule has 6 atom stereocenters. The number of rotatable bonds is 12. The first-order chi connectivity index (χ1) is 13.0. The number of ether oxygens (including phenoxy) is 2. The third-order valence-electron chi connectivity index (χ3n) is 5.17. The van der Waals surface area contributed by atoms with Crippen LogP contribution in [0.4, 0.5) is 0 Å². The molecule has 0 aromatic heterocycles. The Morgan fingerprint density at radius 2 is 1.93 bits per heavy atom. The van der Waals surface area contributed by atoms with Gasteiger partial charge in [0.1, 0.15) is 18.0 Å². The number of ketones is 2. The minimum absolute atomic E-state index is 0.0186. The zero-order chi connectivity index (χ0) is 21.6. The Hall–Kier alpha value is -1.83. The molecule has 1 aliphatic rings. The van der Waals surface area contributed by atoms with E-state index in [0.717, 1.165) is 0 Å². The monoisotopic (exact) mass is 396 g/mol. The molecule has 158 valence electrons. The van der Waals surface area contributed by atoms with Gasteiger partial charge in [0.25, 0.3) is 0 Å². The molecule has 0 aliphatic carbocycles. The second-order valence-corrected chi connectivity index (χ2v) is 7.46. The van der Waals surface area contributed by atoms with Crippen molar-refractivity contribution in [2.24, 2.45) is 11.8 Å². The summed E-state index contributed by atoms with van der Waals surface area (Å²) in [4.78, 5) is 35.7. The lowest BCUT2D eigenvalue weighted by Gasteiger charge is -2.27. The van der Waals surface area contributed by atoms with Gasteiger partial charge in [-0.15, -0.1) is 0 Å². The third kappa shape index (κ3) is 5.83. The molecule has 7 nitrogen and oxygen atoms in total. The van der Waals surface area contributed by atoms with Crippen LogP contribution >= 0.6 is 0 Å². The van der Waals surface area contributed by atoms with Crippen LogP contribution in [0.15, 0.2) is 24.3 Å². The topological polar surface area (TPSA) is 113 Å². The Morgan fingerprint density at radius 3 is 2.43 bits per heavy atom. The summed E-state index contributed by atoms with van der Waals surface area (Å²) in [7, 11) is 0. The SMILES string of the molecule is C=C(C(=O)[C@H](COC(C)=O)C(O)[C@]1(C)OC1C(C)/C=C\C)C(O)CC(=O)CC. The molecule has 1 aliphatic heterocycles. The van der Waals surface area contributed by atoms with Gasteiger partial charge in [-0.25, -0.2) is 0 Å². The number of allylic oxidation sites excluding steroid dienone is 1. The van der Waals surface area contributed by atoms with Crippen LogP contribution in [0.2, 0.25) is 0 Å². The van der Waals surface area contributed by atoms with Crippen molar-refractivity contribution in [3.8, 4) is 0 Å². The molecule has 1 rings (SSSR count). The maximum atomic E-state index is 12.9. The molecule has 0 radical (unpaired) electrons. The van der Waals surface area contributed by atoms with E-state index >= 15 is 0 Å². The van der Waals surface area contributed by atoms with Gasteiger partial charge in [-0.2, -0.15) is 0 Å². The summed E-state index contributed by atoms with van der Waals surface area (Å²) in [5, 5.41) is 21.0. The minimum atomic E-state index is -1.35. The number of esters is 1. The molecule has 7 heteroatoms. The van der Waals surface area contributed by atoms with Crippen LogP contribution in [0.1, 0.15) is 47.5 Å². The molecular formula is C21H32O7. The molecule has 0 aromatic carbocycles. The average Bonchev–Trinajstić information content (AvgIpc) is 3.33. The van der Waals surface area contributed by atoms with Crippen LogP contribution in [-0.2, 0) is 23.9 Å². The van der Waals surface area contributed by atoms with Crippen LogP contribution in [-0.4, -0.2) is 58.3 Å². The summed E-state index contributed by atoms with van der Waals surface area (Å²) >= 11 is 0. The lowest BCUT2D eigenvalue weighted by molar-refractivity contribution is -0.146. The molecule has 0 saturated carbocycles. The molecule has 1 heterocycles. The molecule has 1 saturated heterocycles. The fraction of sp³-hybridized carbons (Fsp3) is 0.667. The van der Waals surface area contributed by atoms with E-state index in [1.807, 2.05) is 26.0 Å². The fourth-order valence-electron chi connectivity index (χ4n) is 3.31. The molecule has 0 amide bonds. The second-order valence-electron chi connectivity index (χ2n) is 7.46. The highest BCUT2D eigenvalue weighted by molar-refractivity contribution is 5.99. The number of hydrogen-bond donors (Lipinski definition) is 2. The average molecular weight is 396 g/mol.